The second kappa shape index (κ2) is 13.2. The third-order valence-electron chi connectivity index (χ3n) is 7.16. The molecule has 3 heterocycles. The molecule has 5 unspecified atom stereocenters. The van der Waals surface area contributed by atoms with E-state index in [9.17, 15) is 18.9 Å². The topological polar surface area (TPSA) is 139 Å². The molecular weight excluding hydrogens is 526 g/mol. The average molecular weight is 573 g/mol. The maximum absolute atomic E-state index is 12.7. The van der Waals surface area contributed by atoms with E-state index in [0.717, 1.165) is 6.42 Å². The van der Waals surface area contributed by atoms with Crippen molar-refractivity contribution in [3.05, 3.63) is 0 Å². The van der Waals surface area contributed by atoms with Gasteiger partial charge < -0.3 is 24.0 Å². The van der Waals surface area contributed by atoms with Gasteiger partial charge in [-0.1, -0.05) is 27.7 Å². The van der Waals surface area contributed by atoms with Crippen LogP contribution in [0.2, 0.25) is 0 Å². The standard InChI is InChI=1S/C24H46O11P2/c1-14(2)8-20-21(10-17(6)31-20)34-37(27,28)30-13-24-22(11-18(7)33-24)35-36(25,26)29-12-23-19(15(3)4)9-16(5)32-23/h14-24H,8-13H2,1-7H3,(H,25,26)(H,27,28)/t16-,17-,18-,19?,20+,21?,22?,23+,24+/m0/s1. The molecule has 0 radical (unpaired) electrons. The number of phosphoric acid groups is 2. The van der Waals surface area contributed by atoms with Crippen molar-refractivity contribution in [1.82, 2.24) is 0 Å². The Morgan fingerprint density at radius 3 is 1.68 bits per heavy atom. The van der Waals surface area contributed by atoms with Gasteiger partial charge in [-0.3, -0.25) is 18.1 Å². The molecule has 0 saturated carbocycles. The fourth-order valence-electron chi connectivity index (χ4n) is 5.47. The highest BCUT2D eigenvalue weighted by Crippen LogP contribution is 2.51. The van der Waals surface area contributed by atoms with Crippen LogP contribution < -0.4 is 0 Å². The Hall–Kier alpha value is 0.1000. The van der Waals surface area contributed by atoms with Gasteiger partial charge in [0.2, 0.25) is 0 Å². The highest BCUT2D eigenvalue weighted by Gasteiger charge is 2.44. The Morgan fingerprint density at radius 1 is 0.730 bits per heavy atom. The molecule has 11 nitrogen and oxygen atoms in total. The summed E-state index contributed by atoms with van der Waals surface area (Å²) in [6.07, 6.45) is -0.849. The summed E-state index contributed by atoms with van der Waals surface area (Å²) >= 11 is 0. The molecular formula is C24H46O11P2. The van der Waals surface area contributed by atoms with Gasteiger partial charge in [0.25, 0.3) is 0 Å². The van der Waals surface area contributed by atoms with Gasteiger partial charge in [-0.05, 0) is 51.4 Å². The van der Waals surface area contributed by atoms with E-state index in [1.54, 1.807) is 6.92 Å². The first-order valence-electron chi connectivity index (χ1n) is 13.4. The summed E-state index contributed by atoms with van der Waals surface area (Å²) < 4.78 is 64.3. The fourth-order valence-corrected chi connectivity index (χ4v) is 7.39. The molecule has 0 aromatic carbocycles. The molecule has 3 fully saturated rings. The third kappa shape index (κ3) is 9.61. The van der Waals surface area contributed by atoms with Crippen molar-refractivity contribution in [2.75, 3.05) is 13.2 Å². The van der Waals surface area contributed by atoms with Crippen LogP contribution >= 0.6 is 15.6 Å². The van der Waals surface area contributed by atoms with Crippen molar-refractivity contribution < 1.29 is 51.2 Å². The summed E-state index contributed by atoms with van der Waals surface area (Å²) in [7, 11) is -8.89. The Bertz CT molecular complexity index is 825. The fraction of sp³-hybridized carbons (Fsp3) is 1.00. The van der Waals surface area contributed by atoms with Gasteiger partial charge in [-0.25, -0.2) is 9.13 Å². The van der Waals surface area contributed by atoms with E-state index >= 15 is 0 Å². The lowest BCUT2D eigenvalue weighted by Crippen LogP contribution is -2.30. The highest BCUT2D eigenvalue weighted by molar-refractivity contribution is 7.47. The minimum atomic E-state index is -4.45. The minimum absolute atomic E-state index is 0.0571. The zero-order valence-corrected chi connectivity index (χ0v) is 24.8. The van der Waals surface area contributed by atoms with Crippen LogP contribution in [0.15, 0.2) is 0 Å². The Labute approximate surface area is 221 Å². The monoisotopic (exact) mass is 572 g/mol. The normalized spacial score (nSPS) is 39.9. The van der Waals surface area contributed by atoms with Crippen molar-refractivity contribution in [2.24, 2.45) is 17.8 Å². The number of hydrogen-bond acceptors (Lipinski definition) is 9. The zero-order chi connectivity index (χ0) is 27.5. The van der Waals surface area contributed by atoms with Gasteiger partial charge in [0.05, 0.1) is 49.8 Å². The molecule has 3 aliphatic rings. The van der Waals surface area contributed by atoms with E-state index in [4.69, 9.17) is 32.3 Å². The van der Waals surface area contributed by atoms with Crippen LogP contribution in [0.25, 0.3) is 0 Å². The average Bonchev–Trinajstić information content (AvgIpc) is 3.40. The number of rotatable bonds is 13. The van der Waals surface area contributed by atoms with Crippen molar-refractivity contribution >= 4 is 15.6 Å². The number of ether oxygens (including phenoxy) is 3. The molecule has 0 aromatic rings. The molecule has 11 atom stereocenters. The number of phosphoric ester groups is 2. The third-order valence-corrected chi connectivity index (χ3v) is 9.19. The molecule has 13 heteroatoms. The minimum Gasteiger partial charge on any atom is -0.373 e. The van der Waals surface area contributed by atoms with E-state index in [1.807, 2.05) is 27.7 Å². The van der Waals surface area contributed by atoms with E-state index in [0.29, 0.717) is 31.1 Å². The largest absolute Gasteiger partial charge is 0.472 e. The maximum Gasteiger partial charge on any atom is 0.472 e. The molecule has 218 valence electrons. The van der Waals surface area contributed by atoms with Crippen LogP contribution in [0.5, 0.6) is 0 Å². The molecule has 3 rings (SSSR count). The highest BCUT2D eigenvalue weighted by atomic mass is 31.2. The van der Waals surface area contributed by atoms with Gasteiger partial charge in [-0.15, -0.1) is 0 Å². The molecule has 0 spiro atoms. The molecule has 3 aliphatic heterocycles. The zero-order valence-electron chi connectivity index (χ0n) is 23.1. The summed E-state index contributed by atoms with van der Waals surface area (Å²) in [5.74, 6) is 0.903. The van der Waals surface area contributed by atoms with Crippen LogP contribution in [0.4, 0.5) is 0 Å². The second-order valence-corrected chi connectivity index (χ2v) is 14.3. The first-order chi connectivity index (χ1) is 17.1. The summed E-state index contributed by atoms with van der Waals surface area (Å²) in [4.78, 5) is 20.8. The lowest BCUT2D eigenvalue weighted by Gasteiger charge is -2.26. The number of hydrogen-bond donors (Lipinski definition) is 2. The predicted octanol–water partition coefficient (Wildman–Crippen LogP) is 4.84. The molecule has 0 aliphatic carbocycles. The van der Waals surface area contributed by atoms with Crippen molar-refractivity contribution in [3.63, 3.8) is 0 Å². The second-order valence-electron chi connectivity index (χ2n) is 11.5. The maximum atomic E-state index is 12.7. The van der Waals surface area contributed by atoms with Crippen molar-refractivity contribution in [2.45, 2.75) is 123 Å². The summed E-state index contributed by atoms with van der Waals surface area (Å²) in [5, 5.41) is 0. The van der Waals surface area contributed by atoms with E-state index in [-0.39, 0.29) is 49.7 Å². The Morgan fingerprint density at radius 2 is 1.16 bits per heavy atom. The molecule has 2 N–H and O–H groups in total. The molecule has 0 bridgehead atoms. The Balaban J connectivity index is 1.52. The predicted molar refractivity (Wildman–Crippen MR) is 136 cm³/mol. The van der Waals surface area contributed by atoms with Gasteiger partial charge in [-0.2, -0.15) is 0 Å². The van der Waals surface area contributed by atoms with Gasteiger partial charge in [0, 0.05) is 12.8 Å². The summed E-state index contributed by atoms with van der Waals surface area (Å²) in [6, 6.07) is 0. The quantitative estimate of drug-likeness (QED) is 0.293. The van der Waals surface area contributed by atoms with Crippen LogP contribution in [0, 0.1) is 17.8 Å². The van der Waals surface area contributed by atoms with Gasteiger partial charge in [0.1, 0.15) is 12.2 Å². The van der Waals surface area contributed by atoms with E-state index in [1.165, 1.54) is 0 Å². The van der Waals surface area contributed by atoms with Gasteiger partial charge in [0.15, 0.2) is 0 Å². The van der Waals surface area contributed by atoms with Gasteiger partial charge >= 0.3 is 15.6 Å². The molecule has 3 saturated heterocycles. The first kappa shape index (κ1) is 31.6. The molecule has 0 aromatic heterocycles. The lowest BCUT2D eigenvalue weighted by molar-refractivity contribution is -0.0352. The summed E-state index contributed by atoms with van der Waals surface area (Å²) in [6.45, 7) is 13.5. The lowest BCUT2D eigenvalue weighted by atomic mass is 9.88. The first-order valence-corrected chi connectivity index (χ1v) is 16.4. The van der Waals surface area contributed by atoms with E-state index < -0.39 is 34.0 Å². The van der Waals surface area contributed by atoms with Crippen LogP contribution in [-0.4, -0.2) is 71.8 Å². The van der Waals surface area contributed by atoms with Crippen molar-refractivity contribution in [1.29, 1.82) is 0 Å². The van der Waals surface area contributed by atoms with E-state index in [2.05, 4.69) is 13.8 Å². The SMILES string of the molecule is CC(C)C[C@H]1O[C@@H](C)CC1OP(=O)(O)OC[C@H]1O[C@@H](C)CC1OP(=O)(O)OC[C@H]1O[C@@H](C)CC1C(C)C. The van der Waals surface area contributed by atoms with Crippen LogP contribution in [-0.2, 0) is 41.4 Å². The van der Waals surface area contributed by atoms with Crippen LogP contribution in [0.1, 0.15) is 74.1 Å². The van der Waals surface area contributed by atoms with Crippen molar-refractivity contribution in [3.8, 4) is 0 Å². The Kier molecular flexibility index (Phi) is 11.3. The van der Waals surface area contributed by atoms with Crippen LogP contribution in [0.3, 0.4) is 0 Å². The smallest absolute Gasteiger partial charge is 0.373 e. The molecule has 0 amide bonds. The molecule has 37 heavy (non-hydrogen) atoms. The summed E-state index contributed by atoms with van der Waals surface area (Å²) in [5.41, 5.74) is 0.